The fourth-order valence-electron chi connectivity index (χ4n) is 4.06. The molecule has 34 heavy (non-hydrogen) atoms. The van der Waals surface area contributed by atoms with E-state index in [9.17, 15) is 0 Å². The monoisotopic (exact) mass is 706 g/mol. The summed E-state index contributed by atoms with van der Waals surface area (Å²) in [6.45, 7) is 33.2. The molecule has 0 atom stereocenters. The predicted octanol–water partition coefficient (Wildman–Crippen LogP) is 6.54. The van der Waals surface area contributed by atoms with Gasteiger partial charge in [-0.2, -0.15) is 0 Å². The minimum atomic E-state index is -1.20. The molecule has 0 spiro atoms. The molecule has 0 amide bonds. The average molecular weight is 704 g/mol. The summed E-state index contributed by atoms with van der Waals surface area (Å²) in [4.78, 5) is 0. The van der Waals surface area contributed by atoms with Gasteiger partial charge in [0.05, 0.1) is 0 Å². The second kappa shape index (κ2) is 12.8. The van der Waals surface area contributed by atoms with Crippen LogP contribution >= 0.6 is 0 Å². The molecule has 0 aliphatic heterocycles. The standard InChI is InChI=1S/2C15H25Si.2Sn/c2*1-11(2)13-8-14(12(3)4)10-15(9-13)16(5,6)7;;/h2*9-12H,1-7H3;;. The molecule has 0 bridgehead atoms. The Morgan fingerprint density at radius 1 is 0.441 bits per heavy atom. The summed E-state index contributed by atoms with van der Waals surface area (Å²) >= 11 is 3.13. The van der Waals surface area contributed by atoms with Crippen LogP contribution in [0.15, 0.2) is 24.3 Å². The fourth-order valence-corrected chi connectivity index (χ4v) is 10.5. The van der Waals surface area contributed by atoms with E-state index in [1.54, 1.807) is 84.8 Å². The van der Waals surface area contributed by atoms with Gasteiger partial charge in [-0.15, -0.1) is 0 Å². The van der Waals surface area contributed by atoms with Crippen LogP contribution < -0.4 is 17.5 Å². The van der Waals surface area contributed by atoms with Crippen LogP contribution in [0.2, 0.25) is 39.3 Å². The van der Waals surface area contributed by atoms with Crippen molar-refractivity contribution >= 4 is 78.7 Å². The van der Waals surface area contributed by atoms with Crippen molar-refractivity contribution in [2.75, 3.05) is 0 Å². The maximum atomic E-state index is 2.49. The zero-order chi connectivity index (χ0) is 26.8. The van der Waals surface area contributed by atoms with Crippen molar-refractivity contribution in [3.8, 4) is 0 Å². The van der Waals surface area contributed by atoms with Gasteiger partial charge in [-0.1, -0.05) is 0 Å². The van der Waals surface area contributed by atoms with Crippen molar-refractivity contribution in [1.29, 1.82) is 0 Å². The molecule has 0 fully saturated rings. The summed E-state index contributed by atoms with van der Waals surface area (Å²) in [5.74, 6) is 2.60. The first-order valence-corrected chi connectivity index (χ1v) is 22.9. The zero-order valence-electron chi connectivity index (χ0n) is 24.6. The third-order valence-electron chi connectivity index (χ3n) is 6.62. The summed E-state index contributed by atoms with van der Waals surface area (Å²) in [6.07, 6.45) is 0. The van der Waals surface area contributed by atoms with Crippen LogP contribution in [0.1, 0.15) is 101 Å². The van der Waals surface area contributed by atoms with Gasteiger partial charge in [-0.25, -0.2) is 0 Å². The van der Waals surface area contributed by atoms with Crippen LogP contribution in [0.3, 0.4) is 0 Å². The molecule has 0 unspecified atom stereocenters. The van der Waals surface area contributed by atoms with Gasteiger partial charge in [0.25, 0.3) is 0 Å². The van der Waals surface area contributed by atoms with E-state index < -0.39 is 16.1 Å². The summed E-state index contributed by atoms with van der Waals surface area (Å²) in [5.41, 5.74) is 6.36. The van der Waals surface area contributed by atoms with E-state index in [0.29, 0.717) is 23.7 Å². The summed E-state index contributed by atoms with van der Waals surface area (Å²) in [5, 5.41) is 3.24. The van der Waals surface area contributed by atoms with Gasteiger partial charge in [0.2, 0.25) is 0 Å². The SMILES string of the molecule is CC(C)c1cc([Si](C)(C)C)cc(C(C)C)[c]1[Sn].CC(C)c1cc([Si](C)(C)C)cc(C(C)C)[c]1[Sn]. The van der Waals surface area contributed by atoms with Crippen LogP contribution in [0.25, 0.3) is 0 Å². The number of benzene rings is 2. The van der Waals surface area contributed by atoms with Crippen molar-refractivity contribution in [3.63, 3.8) is 0 Å². The van der Waals surface area contributed by atoms with Gasteiger partial charge in [0.15, 0.2) is 0 Å². The average Bonchev–Trinajstić information content (AvgIpc) is 2.65. The molecule has 0 aliphatic rings. The van der Waals surface area contributed by atoms with Gasteiger partial charge in [-0.3, -0.25) is 0 Å². The van der Waals surface area contributed by atoms with Crippen LogP contribution in [-0.2, 0) is 0 Å². The Bertz CT molecular complexity index is 821. The molecule has 6 radical (unpaired) electrons. The van der Waals surface area contributed by atoms with Crippen molar-refractivity contribution < 1.29 is 0 Å². The zero-order valence-corrected chi connectivity index (χ0v) is 32.3. The maximum absolute atomic E-state index is 2.49. The molecular formula is C30H50Si2Sn2. The Morgan fingerprint density at radius 3 is 0.735 bits per heavy atom. The van der Waals surface area contributed by atoms with E-state index in [-0.39, 0.29) is 0 Å². The minimum absolute atomic E-state index is 0.651. The molecule has 4 heteroatoms. The van der Waals surface area contributed by atoms with E-state index >= 15 is 0 Å². The second-order valence-electron chi connectivity index (χ2n) is 13.2. The molecule has 2 rings (SSSR count). The third-order valence-corrected chi connectivity index (χ3v) is 14.0. The quantitative estimate of drug-likeness (QED) is 0.300. The Morgan fingerprint density at radius 2 is 0.618 bits per heavy atom. The Hall–Kier alpha value is 0.471. The molecule has 0 aliphatic carbocycles. The molecule has 0 saturated heterocycles. The number of hydrogen-bond donors (Lipinski definition) is 0. The molecule has 0 aromatic heterocycles. The van der Waals surface area contributed by atoms with Crippen molar-refractivity contribution in [2.24, 2.45) is 0 Å². The molecule has 2 aromatic carbocycles. The number of hydrogen-bond acceptors (Lipinski definition) is 0. The second-order valence-corrected chi connectivity index (χ2v) is 26.2. The van der Waals surface area contributed by atoms with Crippen molar-refractivity contribution in [1.82, 2.24) is 0 Å². The van der Waals surface area contributed by atoms with Gasteiger partial charge < -0.3 is 0 Å². The molecule has 186 valence electrons. The molecular weight excluding hydrogens is 654 g/mol. The van der Waals surface area contributed by atoms with Gasteiger partial charge >= 0.3 is 244 Å². The topological polar surface area (TPSA) is 0 Å². The van der Waals surface area contributed by atoms with Crippen LogP contribution in [0, 0.1) is 0 Å². The fraction of sp³-hybridized carbons (Fsp3) is 0.600. The third kappa shape index (κ3) is 8.79. The van der Waals surface area contributed by atoms with Gasteiger partial charge in [0, 0.05) is 0 Å². The van der Waals surface area contributed by atoms with Gasteiger partial charge in [-0.05, 0) is 0 Å². The van der Waals surface area contributed by atoms with E-state index in [4.69, 9.17) is 0 Å². The first-order valence-electron chi connectivity index (χ1n) is 13.1. The van der Waals surface area contributed by atoms with Crippen molar-refractivity contribution in [2.45, 2.75) is 118 Å². The molecule has 0 heterocycles. The van der Waals surface area contributed by atoms with Crippen molar-refractivity contribution in [3.05, 3.63) is 46.5 Å². The Labute approximate surface area is 241 Å². The molecule has 0 saturated carbocycles. The summed E-state index contributed by atoms with van der Waals surface area (Å²) in [7, 11) is -2.40. The normalized spacial score (nSPS) is 12.6. The molecule has 2 aromatic rings. The van der Waals surface area contributed by atoms with Crippen LogP contribution in [0.5, 0.6) is 0 Å². The molecule has 0 N–H and O–H groups in total. The first-order chi connectivity index (χ1) is 15.3. The van der Waals surface area contributed by atoms with E-state index in [2.05, 4.69) is 119 Å². The Balaban J connectivity index is 0.000000340. The predicted molar refractivity (Wildman–Crippen MR) is 166 cm³/mol. The first kappa shape index (κ1) is 32.5. The van der Waals surface area contributed by atoms with E-state index in [0.717, 1.165) is 0 Å². The van der Waals surface area contributed by atoms with Crippen LogP contribution in [-0.4, -0.2) is 61.2 Å². The molecule has 0 nitrogen and oxygen atoms in total. The van der Waals surface area contributed by atoms with E-state index in [1.807, 2.05) is 0 Å². The Kier molecular flexibility index (Phi) is 12.3. The van der Waals surface area contributed by atoms with E-state index in [1.165, 1.54) is 0 Å². The summed E-state index contributed by atoms with van der Waals surface area (Å²) < 4.78 is 3.20. The summed E-state index contributed by atoms with van der Waals surface area (Å²) in [6, 6.07) is 9.97. The van der Waals surface area contributed by atoms with Crippen LogP contribution in [0.4, 0.5) is 0 Å². The number of rotatable bonds is 6. The van der Waals surface area contributed by atoms with Gasteiger partial charge in [0.1, 0.15) is 0 Å².